The van der Waals surface area contributed by atoms with E-state index in [-0.39, 0.29) is 10.6 Å². The van der Waals surface area contributed by atoms with Gasteiger partial charge in [-0.1, -0.05) is 33.6 Å². The van der Waals surface area contributed by atoms with Crippen molar-refractivity contribution < 1.29 is 9.90 Å². The second-order valence-corrected chi connectivity index (χ2v) is 4.82. The predicted octanol–water partition coefficient (Wildman–Crippen LogP) is 3.94. The molecular weight excluding hydrogens is 320 g/mol. The zero-order chi connectivity index (χ0) is 13.1. The largest absolute Gasteiger partial charge is 0.478 e. The van der Waals surface area contributed by atoms with Crippen LogP contribution in [0.5, 0.6) is 0 Å². The van der Waals surface area contributed by atoms with Crippen molar-refractivity contribution in [3.63, 3.8) is 0 Å². The number of aromatic carboxylic acids is 1. The van der Waals surface area contributed by atoms with Crippen molar-refractivity contribution >= 4 is 45.0 Å². The van der Waals surface area contributed by atoms with Gasteiger partial charge >= 0.3 is 5.97 Å². The van der Waals surface area contributed by atoms with Crippen LogP contribution in [0.3, 0.4) is 0 Å². The summed E-state index contributed by atoms with van der Waals surface area (Å²) in [4.78, 5) is 14.7. The van der Waals surface area contributed by atoms with Crippen LogP contribution in [-0.2, 0) is 0 Å². The van der Waals surface area contributed by atoms with Gasteiger partial charge in [-0.25, -0.2) is 9.78 Å². The molecule has 6 heteroatoms. The molecule has 0 atom stereocenters. The van der Waals surface area contributed by atoms with Crippen molar-refractivity contribution in [2.75, 3.05) is 5.32 Å². The molecule has 0 fully saturated rings. The van der Waals surface area contributed by atoms with Gasteiger partial charge in [-0.3, -0.25) is 0 Å². The van der Waals surface area contributed by atoms with Crippen molar-refractivity contribution in [2.45, 2.75) is 0 Å². The number of rotatable bonds is 3. The molecular formula is C12H8BrClN2O2. The minimum atomic E-state index is -1.06. The van der Waals surface area contributed by atoms with E-state index in [1.165, 1.54) is 12.3 Å². The number of nitrogens with zero attached hydrogens (tertiary/aromatic N) is 1. The van der Waals surface area contributed by atoms with E-state index in [1.54, 1.807) is 0 Å². The number of nitrogens with one attached hydrogen (secondary N) is 1. The first-order chi connectivity index (χ1) is 8.56. The molecule has 0 saturated carbocycles. The minimum Gasteiger partial charge on any atom is -0.478 e. The lowest BCUT2D eigenvalue weighted by Crippen LogP contribution is -2.00. The standard InChI is InChI=1S/C12H8BrClN2O2/c13-8-2-1-3-9(5-8)16-11-10(14)4-7(6-15-11)12(17)18/h1-6H,(H,15,16)(H,17,18). The van der Waals surface area contributed by atoms with Crippen molar-refractivity contribution in [3.8, 4) is 0 Å². The normalized spacial score (nSPS) is 10.1. The maximum Gasteiger partial charge on any atom is 0.337 e. The Morgan fingerprint density at radius 3 is 2.78 bits per heavy atom. The molecule has 0 amide bonds. The van der Waals surface area contributed by atoms with Crippen LogP contribution in [0.15, 0.2) is 41.0 Å². The lowest BCUT2D eigenvalue weighted by molar-refractivity contribution is 0.0696. The number of hydrogen-bond acceptors (Lipinski definition) is 3. The van der Waals surface area contributed by atoms with Gasteiger partial charge in [0.15, 0.2) is 0 Å². The fraction of sp³-hybridized carbons (Fsp3) is 0. The molecule has 0 aliphatic rings. The molecule has 4 nitrogen and oxygen atoms in total. The minimum absolute atomic E-state index is 0.0554. The third kappa shape index (κ3) is 3.00. The lowest BCUT2D eigenvalue weighted by atomic mass is 10.3. The Hall–Kier alpha value is -1.59. The van der Waals surface area contributed by atoms with E-state index < -0.39 is 5.97 Å². The fourth-order valence-corrected chi connectivity index (χ4v) is 1.96. The van der Waals surface area contributed by atoms with Crippen molar-refractivity contribution in [2.24, 2.45) is 0 Å². The molecule has 1 aromatic carbocycles. The highest BCUT2D eigenvalue weighted by Gasteiger charge is 2.08. The van der Waals surface area contributed by atoms with E-state index in [2.05, 4.69) is 26.2 Å². The van der Waals surface area contributed by atoms with E-state index >= 15 is 0 Å². The van der Waals surface area contributed by atoms with Crippen molar-refractivity contribution in [3.05, 3.63) is 51.6 Å². The summed E-state index contributed by atoms with van der Waals surface area (Å²) in [5.74, 6) is -0.641. The summed E-state index contributed by atoms with van der Waals surface area (Å²) in [6, 6.07) is 8.84. The van der Waals surface area contributed by atoms with Crippen molar-refractivity contribution in [1.82, 2.24) is 4.98 Å². The van der Waals surface area contributed by atoms with Gasteiger partial charge in [0.05, 0.1) is 10.6 Å². The number of carboxylic acids is 1. The maximum absolute atomic E-state index is 10.7. The number of benzene rings is 1. The third-order valence-electron chi connectivity index (χ3n) is 2.18. The number of carbonyl (C=O) groups is 1. The second kappa shape index (κ2) is 5.37. The Labute approximate surface area is 117 Å². The first-order valence-electron chi connectivity index (χ1n) is 4.97. The van der Waals surface area contributed by atoms with Gasteiger partial charge in [-0.15, -0.1) is 0 Å². The van der Waals surface area contributed by atoms with E-state index in [9.17, 15) is 4.79 Å². The molecule has 1 aromatic heterocycles. The summed E-state index contributed by atoms with van der Waals surface area (Å²) in [7, 11) is 0. The molecule has 0 unspecified atom stereocenters. The van der Waals surface area contributed by atoms with E-state index in [0.717, 1.165) is 10.2 Å². The summed E-state index contributed by atoms with van der Waals surface area (Å²) in [5, 5.41) is 12.1. The second-order valence-electron chi connectivity index (χ2n) is 3.49. The van der Waals surface area contributed by atoms with Crippen molar-refractivity contribution in [1.29, 1.82) is 0 Å². The summed E-state index contributed by atoms with van der Waals surface area (Å²) in [6.45, 7) is 0. The van der Waals surface area contributed by atoms with Gasteiger partial charge in [0, 0.05) is 16.4 Å². The molecule has 0 radical (unpaired) electrons. The summed E-state index contributed by atoms with van der Waals surface area (Å²) < 4.78 is 0.922. The van der Waals surface area contributed by atoms with Crippen LogP contribution in [0, 0.1) is 0 Å². The SMILES string of the molecule is O=C(O)c1cnc(Nc2cccc(Br)c2)c(Cl)c1. The van der Waals surface area contributed by atoms with Crippen LogP contribution in [-0.4, -0.2) is 16.1 Å². The molecule has 18 heavy (non-hydrogen) atoms. The average Bonchev–Trinajstić information content (AvgIpc) is 2.31. The maximum atomic E-state index is 10.7. The van der Waals surface area contributed by atoms with Gasteiger partial charge in [0.2, 0.25) is 0 Å². The number of hydrogen-bond donors (Lipinski definition) is 2. The van der Waals surface area contributed by atoms with Gasteiger partial charge in [-0.2, -0.15) is 0 Å². The van der Waals surface area contributed by atoms with Crippen LogP contribution in [0.25, 0.3) is 0 Å². The predicted molar refractivity (Wildman–Crippen MR) is 73.6 cm³/mol. The molecule has 0 bridgehead atoms. The summed E-state index contributed by atoms with van der Waals surface area (Å²) in [5.41, 5.74) is 0.863. The summed E-state index contributed by atoms with van der Waals surface area (Å²) in [6.07, 6.45) is 1.26. The Bertz CT molecular complexity index is 604. The Morgan fingerprint density at radius 2 is 2.17 bits per heavy atom. The molecule has 1 heterocycles. The average molecular weight is 328 g/mol. The van der Waals surface area contributed by atoms with Crippen LogP contribution in [0.1, 0.15) is 10.4 Å². The zero-order valence-electron chi connectivity index (χ0n) is 9.02. The molecule has 92 valence electrons. The molecule has 0 aliphatic carbocycles. The Balaban J connectivity index is 2.27. The quantitative estimate of drug-likeness (QED) is 0.896. The highest BCUT2D eigenvalue weighted by atomic mass is 79.9. The Kier molecular flexibility index (Phi) is 3.84. The van der Waals surface area contributed by atoms with Gasteiger partial charge in [-0.05, 0) is 24.3 Å². The smallest absolute Gasteiger partial charge is 0.337 e. The number of halogens is 2. The van der Waals surface area contributed by atoms with E-state index in [1.807, 2.05) is 24.3 Å². The number of pyridine rings is 1. The molecule has 0 saturated heterocycles. The van der Waals surface area contributed by atoms with Crippen LogP contribution in [0.2, 0.25) is 5.02 Å². The molecule has 0 aliphatic heterocycles. The number of aromatic nitrogens is 1. The first-order valence-corrected chi connectivity index (χ1v) is 6.15. The third-order valence-corrected chi connectivity index (χ3v) is 2.96. The van der Waals surface area contributed by atoms with Crippen LogP contribution in [0.4, 0.5) is 11.5 Å². The van der Waals surface area contributed by atoms with E-state index in [0.29, 0.717) is 5.82 Å². The fourth-order valence-electron chi connectivity index (χ4n) is 1.35. The van der Waals surface area contributed by atoms with Gasteiger partial charge in [0.1, 0.15) is 5.82 Å². The number of anilines is 2. The molecule has 0 spiro atoms. The first kappa shape index (κ1) is 12.9. The highest BCUT2D eigenvalue weighted by molar-refractivity contribution is 9.10. The number of carboxylic acid groups (broad SMARTS) is 1. The monoisotopic (exact) mass is 326 g/mol. The van der Waals surface area contributed by atoms with Crippen LogP contribution >= 0.6 is 27.5 Å². The van der Waals surface area contributed by atoms with E-state index in [4.69, 9.17) is 16.7 Å². The topological polar surface area (TPSA) is 62.2 Å². The van der Waals surface area contributed by atoms with Crippen LogP contribution < -0.4 is 5.32 Å². The lowest BCUT2D eigenvalue weighted by Gasteiger charge is -2.08. The zero-order valence-corrected chi connectivity index (χ0v) is 11.4. The summed E-state index contributed by atoms with van der Waals surface area (Å²) >= 11 is 9.32. The molecule has 2 aromatic rings. The van der Waals surface area contributed by atoms with Gasteiger partial charge < -0.3 is 10.4 Å². The molecule has 2 N–H and O–H groups in total. The highest BCUT2D eigenvalue weighted by Crippen LogP contribution is 2.25. The van der Waals surface area contributed by atoms with Gasteiger partial charge in [0.25, 0.3) is 0 Å². The molecule has 2 rings (SSSR count). The Morgan fingerprint density at radius 1 is 1.39 bits per heavy atom.